The van der Waals surface area contributed by atoms with Gasteiger partial charge in [-0.2, -0.15) is 0 Å². The number of carbonyl (C=O) groups is 4. The zero-order valence-electron chi connectivity index (χ0n) is 22.1. The Morgan fingerprint density at radius 3 is 2.20 bits per heavy atom. The van der Waals surface area contributed by atoms with E-state index in [2.05, 4.69) is 20.8 Å². The third-order valence-corrected chi connectivity index (χ3v) is 8.97. The highest BCUT2D eigenvalue weighted by Crippen LogP contribution is 2.65. The van der Waals surface area contributed by atoms with Crippen LogP contribution in [0.3, 0.4) is 0 Å². The average molecular weight is 497 g/mol. The van der Waals surface area contributed by atoms with Gasteiger partial charge in [0.05, 0.1) is 0 Å². The molecule has 1 aliphatic heterocycles. The largest absolute Gasteiger partial charge is 0.460 e. The van der Waals surface area contributed by atoms with Crippen LogP contribution in [0.15, 0.2) is 0 Å². The maximum Gasteiger partial charge on any atom is 0.355 e. The second-order valence-electron chi connectivity index (χ2n) is 11.8. The maximum atomic E-state index is 13.8. The molecule has 198 valence electrons. The maximum absolute atomic E-state index is 13.8. The molecule has 1 heterocycles. The van der Waals surface area contributed by atoms with Gasteiger partial charge in [-0.25, -0.2) is 4.79 Å². The molecule has 2 aliphatic carbocycles. The molecule has 0 spiro atoms. The number of cyclic esters (lactones) is 1. The molecule has 2 unspecified atom stereocenters. The number of carbonyl (C=O) groups excluding carboxylic acids is 4. The zero-order chi connectivity index (χ0) is 26.6. The lowest BCUT2D eigenvalue weighted by atomic mass is 9.43. The van der Waals surface area contributed by atoms with Gasteiger partial charge in [0.15, 0.2) is 6.10 Å². The fourth-order valence-electron chi connectivity index (χ4n) is 7.22. The molecular weight excluding hydrogens is 456 g/mol. The summed E-state index contributed by atoms with van der Waals surface area (Å²) < 4.78 is 22.5. The summed E-state index contributed by atoms with van der Waals surface area (Å²) in [6.45, 7) is 13.2. The third kappa shape index (κ3) is 4.56. The van der Waals surface area contributed by atoms with E-state index in [-0.39, 0.29) is 17.8 Å². The molecule has 3 rings (SSSR count). The van der Waals surface area contributed by atoms with Gasteiger partial charge in [-0.05, 0) is 56.3 Å². The molecule has 9 nitrogen and oxygen atoms in total. The van der Waals surface area contributed by atoms with Crippen LogP contribution >= 0.6 is 0 Å². The van der Waals surface area contributed by atoms with Gasteiger partial charge in [0, 0.05) is 26.7 Å². The molecule has 0 aromatic carbocycles. The molecule has 1 saturated heterocycles. The zero-order valence-corrected chi connectivity index (χ0v) is 22.1. The molecule has 0 aromatic heterocycles. The lowest BCUT2D eigenvalue weighted by Crippen LogP contribution is -2.74. The van der Waals surface area contributed by atoms with Crippen molar-refractivity contribution in [2.75, 3.05) is 0 Å². The highest BCUT2D eigenvalue weighted by molar-refractivity contribution is 5.86. The summed E-state index contributed by atoms with van der Waals surface area (Å²) >= 11 is 0. The van der Waals surface area contributed by atoms with Gasteiger partial charge in [0.2, 0.25) is 5.60 Å². The smallest absolute Gasteiger partial charge is 0.355 e. The average Bonchev–Trinajstić information content (AvgIpc) is 2.69. The lowest BCUT2D eigenvalue weighted by Gasteiger charge is -2.65. The Kier molecular flexibility index (Phi) is 7.09. The van der Waals surface area contributed by atoms with Crippen molar-refractivity contribution in [3.05, 3.63) is 0 Å². The predicted molar refractivity (Wildman–Crippen MR) is 124 cm³/mol. The van der Waals surface area contributed by atoms with Crippen LogP contribution in [0, 0.1) is 22.7 Å². The second kappa shape index (κ2) is 9.05. The van der Waals surface area contributed by atoms with E-state index in [1.54, 1.807) is 6.92 Å². The van der Waals surface area contributed by atoms with Crippen LogP contribution in [0.2, 0.25) is 0 Å². The van der Waals surface area contributed by atoms with Crippen LogP contribution in [0.4, 0.5) is 0 Å². The molecule has 8 atom stereocenters. The van der Waals surface area contributed by atoms with Crippen LogP contribution < -0.4 is 0 Å². The van der Waals surface area contributed by atoms with Crippen molar-refractivity contribution in [1.29, 1.82) is 0 Å². The normalized spacial score (nSPS) is 38.5. The minimum Gasteiger partial charge on any atom is -0.460 e. The van der Waals surface area contributed by atoms with Crippen molar-refractivity contribution in [1.82, 2.24) is 0 Å². The van der Waals surface area contributed by atoms with Crippen molar-refractivity contribution in [2.24, 2.45) is 22.7 Å². The standard InChI is InChI=1S/C26H40O9/c1-14(32-15(2)27)25(8,31)20-13-19-24(7)11-9-10-23(5,6)18(24)12-21(33-16(3)28)26(19,22(30)34-20)35-17(4)29/h14,18-21,31H,9-13H2,1-8H3/t14?,18-,19+,20-,21+,24-,25?,26-/m0/s1. The Morgan fingerprint density at radius 2 is 1.66 bits per heavy atom. The number of hydrogen-bond donors (Lipinski definition) is 1. The van der Waals surface area contributed by atoms with E-state index in [0.29, 0.717) is 6.42 Å². The van der Waals surface area contributed by atoms with Crippen LogP contribution in [-0.2, 0) is 38.1 Å². The SMILES string of the molecule is CC(=O)OC(C)C(C)(O)[C@@H]1C[C@@H]2[C@@]3(C)CCCC(C)(C)[C@@H]3C[C@@H](OC(C)=O)[C@]2(OC(C)=O)C(=O)O1. The van der Waals surface area contributed by atoms with E-state index in [4.69, 9.17) is 18.9 Å². The van der Waals surface area contributed by atoms with E-state index in [1.165, 1.54) is 27.7 Å². The number of esters is 4. The van der Waals surface area contributed by atoms with Crippen molar-refractivity contribution in [3.63, 3.8) is 0 Å². The highest BCUT2D eigenvalue weighted by atomic mass is 16.6. The van der Waals surface area contributed by atoms with Crippen LogP contribution in [0.5, 0.6) is 0 Å². The highest BCUT2D eigenvalue weighted by Gasteiger charge is 2.73. The van der Waals surface area contributed by atoms with Gasteiger partial charge in [-0.1, -0.05) is 27.2 Å². The first-order chi connectivity index (χ1) is 16.0. The Balaban J connectivity index is 2.16. The van der Waals surface area contributed by atoms with Gasteiger partial charge in [-0.15, -0.1) is 0 Å². The molecule has 0 amide bonds. The number of aliphatic hydroxyl groups is 1. The molecule has 3 fully saturated rings. The first-order valence-electron chi connectivity index (χ1n) is 12.5. The lowest BCUT2D eigenvalue weighted by molar-refractivity contribution is -0.285. The predicted octanol–water partition coefficient (Wildman–Crippen LogP) is 3.09. The van der Waals surface area contributed by atoms with E-state index in [9.17, 15) is 24.3 Å². The number of hydrogen-bond acceptors (Lipinski definition) is 9. The number of ether oxygens (including phenoxy) is 4. The molecule has 1 N–H and O–H groups in total. The minimum absolute atomic E-state index is 0.0594. The van der Waals surface area contributed by atoms with Gasteiger partial charge in [0.25, 0.3) is 0 Å². The summed E-state index contributed by atoms with van der Waals surface area (Å²) in [6.07, 6.45) is 0.172. The summed E-state index contributed by atoms with van der Waals surface area (Å²) in [6, 6.07) is 0. The van der Waals surface area contributed by atoms with E-state index in [1.807, 2.05) is 0 Å². The van der Waals surface area contributed by atoms with Gasteiger partial charge < -0.3 is 24.1 Å². The number of fused-ring (bicyclic) bond motifs is 3. The number of rotatable bonds is 5. The van der Waals surface area contributed by atoms with E-state index < -0.39 is 64.7 Å². The fourth-order valence-corrected chi connectivity index (χ4v) is 7.22. The van der Waals surface area contributed by atoms with Gasteiger partial charge >= 0.3 is 23.9 Å². The molecule has 3 aliphatic rings. The Bertz CT molecular complexity index is 893. The van der Waals surface area contributed by atoms with Gasteiger partial charge in [-0.3, -0.25) is 14.4 Å². The summed E-state index contributed by atoms with van der Waals surface area (Å²) in [5.41, 5.74) is -4.11. The summed E-state index contributed by atoms with van der Waals surface area (Å²) in [7, 11) is 0. The molecule has 0 radical (unpaired) electrons. The summed E-state index contributed by atoms with van der Waals surface area (Å²) in [4.78, 5) is 49.9. The first-order valence-corrected chi connectivity index (χ1v) is 12.5. The molecule has 9 heteroatoms. The van der Waals surface area contributed by atoms with Crippen molar-refractivity contribution in [3.8, 4) is 0 Å². The Morgan fingerprint density at radius 1 is 1.03 bits per heavy atom. The Hall–Kier alpha value is -2.16. The molecule has 2 saturated carbocycles. The quantitative estimate of drug-likeness (QED) is 0.451. The van der Waals surface area contributed by atoms with Gasteiger partial charge in [0.1, 0.15) is 17.8 Å². The molecule has 0 bridgehead atoms. The monoisotopic (exact) mass is 496 g/mol. The van der Waals surface area contributed by atoms with Crippen molar-refractivity contribution in [2.45, 2.75) is 117 Å². The van der Waals surface area contributed by atoms with Crippen molar-refractivity contribution >= 4 is 23.9 Å². The Labute approximate surface area is 207 Å². The summed E-state index contributed by atoms with van der Waals surface area (Å²) in [5.74, 6) is -3.21. The van der Waals surface area contributed by atoms with E-state index in [0.717, 1.165) is 19.3 Å². The van der Waals surface area contributed by atoms with E-state index >= 15 is 0 Å². The second-order valence-corrected chi connectivity index (χ2v) is 11.8. The van der Waals surface area contributed by atoms with Crippen LogP contribution in [0.25, 0.3) is 0 Å². The fraction of sp³-hybridized carbons (Fsp3) is 0.846. The topological polar surface area (TPSA) is 125 Å². The summed E-state index contributed by atoms with van der Waals surface area (Å²) in [5, 5.41) is 11.4. The van der Waals surface area contributed by atoms with Crippen LogP contribution in [0.1, 0.15) is 87.5 Å². The minimum atomic E-state index is -1.83. The van der Waals surface area contributed by atoms with Crippen molar-refractivity contribution < 1.29 is 43.2 Å². The molecule has 0 aromatic rings. The molecule has 35 heavy (non-hydrogen) atoms. The first kappa shape index (κ1) is 27.4. The third-order valence-electron chi connectivity index (χ3n) is 8.97. The molecular formula is C26H40O9. The van der Waals surface area contributed by atoms with Crippen LogP contribution in [-0.4, -0.2) is 58.5 Å².